The maximum Gasteiger partial charge on any atom is 0.273 e. The Kier molecular flexibility index (Phi) is 2.52. The van der Waals surface area contributed by atoms with Crippen LogP contribution in [-0.2, 0) is 12.3 Å². The molecule has 0 aliphatic rings. The van der Waals surface area contributed by atoms with E-state index < -0.39 is 5.92 Å². The first-order valence-electron chi connectivity index (χ1n) is 3.60. The molecule has 0 aliphatic carbocycles. The van der Waals surface area contributed by atoms with E-state index in [1.54, 1.807) is 0 Å². The minimum atomic E-state index is -2.93. The van der Waals surface area contributed by atoms with Gasteiger partial charge in [-0.15, -0.1) is 0 Å². The van der Waals surface area contributed by atoms with Crippen LogP contribution in [0, 0.1) is 11.3 Å². The van der Waals surface area contributed by atoms with Gasteiger partial charge in [0, 0.05) is 19.3 Å². The molecule has 0 saturated heterocycles. The summed E-state index contributed by atoms with van der Waals surface area (Å²) in [4.78, 5) is 7.24. The number of rotatable bonds is 2. The molecule has 0 N–H and O–H groups in total. The van der Waals surface area contributed by atoms with Gasteiger partial charge >= 0.3 is 0 Å². The Hall–Kier alpha value is -1.57. The molecule has 0 spiro atoms. The molecule has 0 fully saturated rings. The van der Waals surface area contributed by atoms with Gasteiger partial charge in [-0.3, -0.25) is 0 Å². The van der Waals surface area contributed by atoms with E-state index >= 15 is 0 Å². The molecule has 0 aliphatic heterocycles. The van der Waals surface area contributed by atoms with Gasteiger partial charge < -0.3 is 0 Å². The minimum Gasteiger partial charge on any atom is -0.240 e. The number of hydrogen-bond donors (Lipinski definition) is 0. The van der Waals surface area contributed by atoms with E-state index in [0.717, 1.165) is 19.3 Å². The van der Waals surface area contributed by atoms with E-state index in [2.05, 4.69) is 9.97 Å². The van der Waals surface area contributed by atoms with E-state index in [1.807, 2.05) is 6.07 Å². The van der Waals surface area contributed by atoms with E-state index in [4.69, 9.17) is 5.26 Å². The molecular weight excluding hydrogens is 176 g/mol. The van der Waals surface area contributed by atoms with Gasteiger partial charge in [-0.2, -0.15) is 5.26 Å². The van der Waals surface area contributed by atoms with Crippen LogP contribution in [0.1, 0.15) is 18.3 Å². The monoisotopic (exact) mass is 183 g/mol. The molecule has 1 aromatic heterocycles. The quantitative estimate of drug-likeness (QED) is 0.700. The molecule has 1 rings (SSSR count). The van der Waals surface area contributed by atoms with Gasteiger partial charge in [-0.05, 0) is 0 Å². The first-order chi connectivity index (χ1) is 6.04. The summed E-state index contributed by atoms with van der Waals surface area (Å²) in [5.74, 6) is -2.67. The van der Waals surface area contributed by atoms with Gasteiger partial charge in [0.1, 0.15) is 5.82 Å². The van der Waals surface area contributed by atoms with Crippen LogP contribution < -0.4 is 0 Å². The highest BCUT2D eigenvalue weighted by Crippen LogP contribution is 2.24. The van der Waals surface area contributed by atoms with Crippen LogP contribution in [0.25, 0.3) is 0 Å². The first kappa shape index (κ1) is 9.52. The maximum absolute atomic E-state index is 12.6. The molecule has 1 aromatic rings. The smallest absolute Gasteiger partial charge is 0.240 e. The normalized spacial score (nSPS) is 10.9. The van der Waals surface area contributed by atoms with Crippen molar-refractivity contribution in [3.63, 3.8) is 0 Å². The lowest BCUT2D eigenvalue weighted by molar-refractivity contribution is 0.0167. The Bertz CT molecular complexity index is 321. The second-order valence-electron chi connectivity index (χ2n) is 2.61. The van der Waals surface area contributed by atoms with Crippen molar-refractivity contribution in [2.45, 2.75) is 19.3 Å². The third-order valence-corrected chi connectivity index (χ3v) is 1.45. The Morgan fingerprint density at radius 1 is 1.46 bits per heavy atom. The molecule has 0 atom stereocenters. The second-order valence-corrected chi connectivity index (χ2v) is 2.61. The van der Waals surface area contributed by atoms with Gasteiger partial charge in [-0.25, -0.2) is 18.7 Å². The van der Waals surface area contributed by atoms with Crippen LogP contribution >= 0.6 is 0 Å². The predicted molar refractivity (Wildman–Crippen MR) is 40.9 cm³/mol. The molecule has 0 bridgehead atoms. The van der Waals surface area contributed by atoms with Crippen molar-refractivity contribution in [1.29, 1.82) is 5.26 Å². The Morgan fingerprint density at radius 2 is 2.00 bits per heavy atom. The van der Waals surface area contributed by atoms with E-state index in [1.165, 1.54) is 0 Å². The van der Waals surface area contributed by atoms with Gasteiger partial charge in [0.25, 0.3) is 5.92 Å². The molecule has 68 valence electrons. The molecule has 0 amide bonds. The molecular formula is C8H7F2N3. The number of alkyl halides is 2. The average Bonchev–Trinajstić information content (AvgIpc) is 2.04. The fourth-order valence-corrected chi connectivity index (χ4v) is 0.743. The highest BCUT2D eigenvalue weighted by molar-refractivity contribution is 5.11. The zero-order chi connectivity index (χ0) is 9.90. The van der Waals surface area contributed by atoms with Crippen molar-refractivity contribution >= 4 is 0 Å². The lowest BCUT2D eigenvalue weighted by Crippen LogP contribution is -2.09. The summed E-state index contributed by atoms with van der Waals surface area (Å²) in [6, 6.07) is 1.83. The summed E-state index contributed by atoms with van der Waals surface area (Å²) < 4.78 is 25.3. The second kappa shape index (κ2) is 3.44. The lowest BCUT2D eigenvalue weighted by Gasteiger charge is -2.08. The summed E-state index contributed by atoms with van der Waals surface area (Å²) in [5.41, 5.74) is -0.241. The Balaban J connectivity index is 2.89. The zero-order valence-corrected chi connectivity index (χ0v) is 6.96. The maximum atomic E-state index is 12.6. The molecule has 0 radical (unpaired) electrons. The van der Waals surface area contributed by atoms with Crippen LogP contribution in [0.4, 0.5) is 8.78 Å². The molecule has 0 saturated carbocycles. The van der Waals surface area contributed by atoms with Crippen molar-refractivity contribution in [1.82, 2.24) is 9.97 Å². The fourth-order valence-electron chi connectivity index (χ4n) is 0.743. The number of nitriles is 1. The number of aromatic nitrogens is 2. The summed E-state index contributed by atoms with van der Waals surface area (Å²) >= 11 is 0. The Morgan fingerprint density at radius 3 is 2.38 bits per heavy atom. The van der Waals surface area contributed by atoms with Crippen molar-refractivity contribution < 1.29 is 8.78 Å². The van der Waals surface area contributed by atoms with Gasteiger partial charge in [0.15, 0.2) is 0 Å². The van der Waals surface area contributed by atoms with Crippen molar-refractivity contribution in [3.8, 4) is 6.07 Å². The minimum absolute atomic E-state index is 0.0373. The number of halogens is 2. The summed E-state index contributed by atoms with van der Waals surface area (Å²) in [7, 11) is 0. The van der Waals surface area contributed by atoms with Gasteiger partial charge in [0.2, 0.25) is 0 Å². The molecule has 5 heteroatoms. The van der Waals surface area contributed by atoms with Gasteiger partial charge in [0.05, 0.1) is 18.1 Å². The van der Waals surface area contributed by atoms with Gasteiger partial charge in [-0.1, -0.05) is 0 Å². The Labute approximate surface area is 74.1 Å². The molecule has 0 unspecified atom stereocenters. The highest BCUT2D eigenvalue weighted by atomic mass is 19.3. The predicted octanol–water partition coefficient (Wildman–Crippen LogP) is 1.65. The summed E-state index contributed by atoms with van der Waals surface area (Å²) in [6.45, 7) is 0.773. The average molecular weight is 183 g/mol. The number of nitrogens with zero attached hydrogens (tertiary/aromatic N) is 3. The lowest BCUT2D eigenvalue weighted by atomic mass is 10.2. The first-order valence-corrected chi connectivity index (χ1v) is 3.60. The third-order valence-electron chi connectivity index (χ3n) is 1.45. The molecule has 0 aromatic carbocycles. The molecule has 3 nitrogen and oxygen atoms in total. The number of hydrogen-bond acceptors (Lipinski definition) is 3. The molecule has 1 heterocycles. The standard InChI is InChI=1S/C8H7F2N3/c1-8(9,10)6-4-12-7(2-3-11)13-5-6/h4-5H,2H2,1H3. The van der Waals surface area contributed by atoms with E-state index in [0.29, 0.717) is 0 Å². The van der Waals surface area contributed by atoms with Crippen molar-refractivity contribution in [2.24, 2.45) is 0 Å². The van der Waals surface area contributed by atoms with E-state index in [-0.39, 0.29) is 17.8 Å². The zero-order valence-electron chi connectivity index (χ0n) is 6.96. The van der Waals surface area contributed by atoms with E-state index in [9.17, 15) is 8.78 Å². The SMILES string of the molecule is CC(F)(F)c1cnc(CC#N)nc1. The van der Waals surface area contributed by atoms with Crippen LogP contribution in [0.15, 0.2) is 12.4 Å². The van der Waals surface area contributed by atoms with Crippen molar-refractivity contribution in [3.05, 3.63) is 23.8 Å². The third kappa shape index (κ3) is 2.44. The summed E-state index contributed by atoms with van der Waals surface area (Å²) in [6.07, 6.45) is 2.12. The van der Waals surface area contributed by atoms with Crippen LogP contribution in [-0.4, -0.2) is 9.97 Å². The largest absolute Gasteiger partial charge is 0.273 e. The fraction of sp³-hybridized carbons (Fsp3) is 0.375. The van der Waals surface area contributed by atoms with Crippen LogP contribution in [0.3, 0.4) is 0 Å². The molecule has 13 heavy (non-hydrogen) atoms. The summed E-state index contributed by atoms with van der Waals surface area (Å²) in [5, 5.41) is 8.27. The van der Waals surface area contributed by atoms with Crippen LogP contribution in [0.5, 0.6) is 0 Å². The van der Waals surface area contributed by atoms with Crippen LogP contribution in [0.2, 0.25) is 0 Å². The highest BCUT2D eigenvalue weighted by Gasteiger charge is 2.24. The van der Waals surface area contributed by atoms with Crippen molar-refractivity contribution in [2.75, 3.05) is 0 Å². The topological polar surface area (TPSA) is 49.6 Å².